The normalized spacial score (nSPS) is 13.2. The molecule has 416 valence electrons. The zero-order valence-corrected chi connectivity index (χ0v) is 48.0. The summed E-state index contributed by atoms with van der Waals surface area (Å²) in [5.41, 5.74) is -0.323. The van der Waals surface area contributed by atoms with Crippen molar-refractivity contribution in [3.63, 3.8) is 0 Å². The predicted octanol–water partition coefficient (Wildman–Crippen LogP) is -0.592. The van der Waals surface area contributed by atoms with Crippen LogP contribution in [-0.2, 0) is 71.7 Å². The van der Waals surface area contributed by atoms with Crippen molar-refractivity contribution in [2.45, 2.75) is 105 Å². The van der Waals surface area contributed by atoms with Crippen LogP contribution in [0.5, 0.6) is 0 Å². The van der Waals surface area contributed by atoms with Gasteiger partial charge in [0, 0.05) is 64.2 Å². The second kappa shape index (κ2) is 42.4. The van der Waals surface area contributed by atoms with Crippen molar-refractivity contribution in [3.8, 4) is 0 Å². The van der Waals surface area contributed by atoms with Crippen LogP contribution in [-0.4, -0.2) is 212 Å². The fourth-order valence-corrected chi connectivity index (χ4v) is 9.36. The van der Waals surface area contributed by atoms with Crippen molar-refractivity contribution in [2.24, 2.45) is 35.5 Å². The van der Waals surface area contributed by atoms with Gasteiger partial charge in [0.25, 0.3) is 0 Å². The third-order valence-electron chi connectivity index (χ3n) is 11.9. The van der Waals surface area contributed by atoms with Crippen molar-refractivity contribution < 1.29 is 71.7 Å². The number of Topliss-reactive ketones (excluding diaryl/α,β-unsaturated/α-hetero) is 4. The molecule has 0 saturated heterocycles. The molecule has 0 aliphatic heterocycles. The molecule has 0 aromatic heterocycles. The first-order valence-corrected chi connectivity index (χ1v) is 29.7. The molecule has 0 rings (SSSR count). The monoisotopic (exact) mass is 1100 g/mol. The summed E-state index contributed by atoms with van der Waals surface area (Å²) in [5, 5.41) is 12.3. The Balaban J connectivity index is 6.29. The Kier molecular flexibility index (Phi) is 40.5. The molecule has 0 aliphatic rings. The number of hydrogen-bond donors (Lipinski definition) is 5. The zero-order valence-electron chi connectivity index (χ0n) is 46.3. The number of ketones is 4. The van der Waals surface area contributed by atoms with Gasteiger partial charge in [-0.15, -0.1) is 0 Å². The second-order valence-electron chi connectivity index (χ2n) is 19.4. The summed E-state index contributed by atoms with van der Waals surface area (Å²) >= 11 is 0. The Morgan fingerprint density at radius 2 is 1.03 bits per heavy atom. The maximum absolute atomic E-state index is 13.9. The van der Waals surface area contributed by atoms with Gasteiger partial charge in [-0.05, 0) is 45.2 Å². The summed E-state index contributed by atoms with van der Waals surface area (Å²) < 4.78 is 21.0. The van der Waals surface area contributed by atoms with Crippen LogP contribution in [0, 0.1) is 35.5 Å². The van der Waals surface area contributed by atoms with Gasteiger partial charge in [0.15, 0.2) is 17.1 Å². The Morgan fingerprint density at radius 1 is 0.558 bits per heavy atom. The number of ether oxygens (including phenoxy) is 4. The molecule has 5 atom stereocenters. The van der Waals surface area contributed by atoms with Crippen molar-refractivity contribution in [2.75, 3.05) is 92.7 Å². The number of amides is 5. The standard InChI is InChI=1S/C47H78B8N5O15PS/c1-8-73-19-20-75-30-38(62)13-10-33(44(68)56-15-16-74-18-17-72-6)9-12-37(61)23-34(11-14-41(65)57-26-39(63)24-35(21-31(2)3)46(70)59-28-42(66)76(7)52)45(69)58-27-40(64)25-36(22-32(4)5)47(71)60-29-43(67)77(53-48,54-49)55(50)51/h31-36H,8-30H2,1-7H3,(H,56,68)(H,57,65)(H,58,69)(H,59,70)(H,60,71). The van der Waals surface area contributed by atoms with Crippen molar-refractivity contribution in [1.82, 2.24) is 26.6 Å². The van der Waals surface area contributed by atoms with E-state index in [-0.39, 0.29) is 114 Å². The van der Waals surface area contributed by atoms with Gasteiger partial charge in [-0.2, -0.15) is 0 Å². The van der Waals surface area contributed by atoms with Crippen LogP contribution in [0.15, 0.2) is 0 Å². The molecule has 0 aromatic rings. The summed E-state index contributed by atoms with van der Waals surface area (Å²) in [7, 11) is 25.9. The third kappa shape index (κ3) is 33.0. The minimum absolute atomic E-state index is 0.00333. The van der Waals surface area contributed by atoms with E-state index in [1.54, 1.807) is 6.66 Å². The van der Waals surface area contributed by atoms with Gasteiger partial charge in [-0.25, -0.2) is 0 Å². The van der Waals surface area contributed by atoms with E-state index in [4.69, 9.17) is 57.5 Å². The molecule has 20 nitrogen and oxygen atoms in total. The quantitative estimate of drug-likeness (QED) is 0.0290. The first-order chi connectivity index (χ1) is 36.4. The number of carbonyl (C=O) groups excluding carboxylic acids is 11. The molecule has 0 spiro atoms. The van der Waals surface area contributed by atoms with Gasteiger partial charge >= 0.3 is 168 Å². The summed E-state index contributed by atoms with van der Waals surface area (Å²) in [6, 6.07) is 2.03. The summed E-state index contributed by atoms with van der Waals surface area (Å²) in [6.07, 6.45) is -1.10. The predicted molar refractivity (Wildman–Crippen MR) is 306 cm³/mol. The zero-order chi connectivity index (χ0) is 58.5. The Labute approximate surface area is 466 Å². The first-order valence-electron chi connectivity index (χ1n) is 26.0. The molecule has 0 bridgehead atoms. The van der Waals surface area contributed by atoms with Gasteiger partial charge < -0.3 is 34.9 Å². The molecule has 0 fully saturated rings. The average molecular weight is 1100 g/mol. The Bertz CT molecular complexity index is 2050. The first kappa shape index (κ1) is 73.5. The number of carbonyl (C=O) groups is 11. The van der Waals surface area contributed by atoms with Gasteiger partial charge in [-0.3, -0.25) is 33.6 Å². The Hall–Kier alpha value is -3.49. The molecule has 30 heteroatoms. The summed E-state index contributed by atoms with van der Waals surface area (Å²) in [5.74, 6) is -9.65. The average Bonchev–Trinajstić information content (AvgIpc) is 3.37. The molecule has 5 unspecified atom stereocenters. The van der Waals surface area contributed by atoms with Gasteiger partial charge in [0.1, 0.15) is 20.0 Å². The number of rotatable bonds is 45. The van der Waals surface area contributed by atoms with E-state index in [9.17, 15) is 52.7 Å². The number of nitrogens with one attached hydrogen (secondary N) is 5. The van der Waals surface area contributed by atoms with Crippen LogP contribution >= 0.6 is 16.5 Å². The maximum atomic E-state index is 13.9. The van der Waals surface area contributed by atoms with Crippen LogP contribution in [0.2, 0.25) is 0 Å². The number of hydrogen-bond acceptors (Lipinski definition) is 15. The minimum atomic E-state index is -2.78. The number of methoxy groups -OCH3 is 1. The topological polar surface area (TPSA) is 285 Å². The van der Waals surface area contributed by atoms with Crippen LogP contribution in [0.4, 0.5) is 0 Å². The SMILES string of the molecule is [B]B=S(=B[B])(B([B])[B])C(=O)CNC(=O)C(CC(=O)CNC(=O)C(CCC(=O)NCC(=O)CC(CC(C)C)C(=O)NCC(=O)P([B])C)CC(=O)CCC(CCC(=O)COCCOCC)C(=O)NCCOCCOC)CC(C)C. The third-order valence-corrected chi connectivity index (χ3v) is 15.6. The van der Waals surface area contributed by atoms with Gasteiger partial charge in [0.2, 0.25) is 17.7 Å². The van der Waals surface area contributed by atoms with Crippen LogP contribution < -0.4 is 26.6 Å². The molecule has 10 radical (unpaired) electrons. The Morgan fingerprint density at radius 3 is 1.55 bits per heavy atom. The van der Waals surface area contributed by atoms with E-state index in [0.717, 1.165) is 12.1 Å². The van der Waals surface area contributed by atoms with E-state index < -0.39 is 124 Å². The van der Waals surface area contributed by atoms with E-state index in [1.165, 1.54) is 7.11 Å². The molecule has 5 amide bonds. The van der Waals surface area contributed by atoms with E-state index in [1.807, 2.05) is 34.6 Å². The second-order valence-corrected chi connectivity index (χ2v) is 24.2. The van der Waals surface area contributed by atoms with Crippen LogP contribution in [0.1, 0.15) is 105 Å². The molecule has 0 saturated carbocycles. The van der Waals surface area contributed by atoms with E-state index in [2.05, 4.69) is 26.6 Å². The van der Waals surface area contributed by atoms with E-state index >= 15 is 0 Å². The summed E-state index contributed by atoms with van der Waals surface area (Å²) in [6.45, 7) is 10.8. The summed E-state index contributed by atoms with van der Waals surface area (Å²) in [4.78, 5) is 145. The van der Waals surface area contributed by atoms with Gasteiger partial charge in [0.05, 0.1) is 46.1 Å². The molecule has 77 heavy (non-hydrogen) atoms. The van der Waals surface area contributed by atoms with Gasteiger partial charge in [-0.1, -0.05) is 21.6 Å². The fraction of sp³-hybridized carbons (Fsp3) is 0.766. The van der Waals surface area contributed by atoms with Crippen molar-refractivity contribution in [3.05, 3.63) is 0 Å². The fourth-order valence-electron chi connectivity index (χ4n) is 7.64. The van der Waals surface area contributed by atoms with Crippen molar-refractivity contribution >= 4 is 136 Å². The van der Waals surface area contributed by atoms with E-state index in [0.29, 0.717) is 32.8 Å². The molecule has 0 aliphatic carbocycles. The van der Waals surface area contributed by atoms with Crippen molar-refractivity contribution in [1.29, 1.82) is 0 Å². The molecule has 0 aromatic carbocycles. The molecular formula is C47H78B8N5O15PS. The van der Waals surface area contributed by atoms with Crippen LogP contribution in [0.3, 0.4) is 0 Å². The molecule has 0 heterocycles. The molecular weight excluding hydrogens is 1020 g/mol. The molecule has 5 N–H and O–H groups in total. The van der Waals surface area contributed by atoms with Crippen LogP contribution in [0.25, 0.3) is 0 Å².